The van der Waals surface area contributed by atoms with Gasteiger partial charge in [-0.05, 0) is 29.8 Å². The monoisotopic (exact) mass is 471 g/mol. The van der Waals surface area contributed by atoms with E-state index in [1.54, 1.807) is 9.80 Å². The van der Waals surface area contributed by atoms with Crippen LogP contribution in [0.3, 0.4) is 0 Å². The summed E-state index contributed by atoms with van der Waals surface area (Å²) in [5.74, 6) is -0.718. The van der Waals surface area contributed by atoms with Crippen LogP contribution in [0.2, 0.25) is 0 Å². The maximum atomic E-state index is 13.1. The van der Waals surface area contributed by atoms with Crippen LogP contribution in [0.4, 0.5) is 27.6 Å². The minimum atomic E-state index is -4.58. The van der Waals surface area contributed by atoms with Crippen LogP contribution in [0.5, 0.6) is 5.75 Å². The molecule has 2 amide bonds. The van der Waals surface area contributed by atoms with Crippen molar-refractivity contribution in [2.75, 3.05) is 38.0 Å². The van der Waals surface area contributed by atoms with Crippen molar-refractivity contribution in [2.45, 2.75) is 19.2 Å². The van der Waals surface area contributed by atoms with Gasteiger partial charge in [0, 0.05) is 26.2 Å². The van der Waals surface area contributed by atoms with Crippen LogP contribution in [-0.2, 0) is 22.2 Å². The molecular formula is C22H22F5N3O3. The summed E-state index contributed by atoms with van der Waals surface area (Å²) < 4.78 is 67.9. The highest BCUT2D eigenvalue weighted by Gasteiger charge is 2.33. The number of amides is 2. The molecule has 11 heteroatoms. The number of halogens is 5. The number of anilines is 1. The Bertz CT molecular complexity index is 958. The molecule has 0 aliphatic carbocycles. The van der Waals surface area contributed by atoms with Gasteiger partial charge in [-0.15, -0.1) is 0 Å². The van der Waals surface area contributed by atoms with Crippen molar-refractivity contribution >= 4 is 17.5 Å². The van der Waals surface area contributed by atoms with Crippen LogP contribution in [0.25, 0.3) is 0 Å². The lowest BCUT2D eigenvalue weighted by Crippen LogP contribution is -2.50. The number of rotatable bonds is 7. The number of nitrogens with one attached hydrogen (secondary N) is 1. The standard InChI is InChI=1S/C22H22F5N3O3/c23-21(24)33-16-7-5-15(6-8-16)13-20(32)30-11-9-29(10-12-30)14-19(31)28-18-4-2-1-3-17(18)22(25,26)27/h1-8,21H,9-14H2,(H,28,31). The van der Waals surface area contributed by atoms with E-state index in [0.717, 1.165) is 6.07 Å². The topological polar surface area (TPSA) is 61.9 Å². The second kappa shape index (κ2) is 10.6. The molecule has 0 spiro atoms. The third-order valence-electron chi connectivity index (χ3n) is 5.10. The summed E-state index contributed by atoms with van der Waals surface area (Å²) in [5.41, 5.74) is -0.567. The highest BCUT2D eigenvalue weighted by Crippen LogP contribution is 2.34. The lowest BCUT2D eigenvalue weighted by atomic mass is 10.1. The lowest BCUT2D eigenvalue weighted by Gasteiger charge is -2.34. The zero-order chi connectivity index (χ0) is 24.0. The minimum Gasteiger partial charge on any atom is -0.435 e. The molecule has 0 radical (unpaired) electrons. The average Bonchev–Trinajstić information content (AvgIpc) is 2.75. The van der Waals surface area contributed by atoms with Crippen LogP contribution in [-0.4, -0.2) is 60.9 Å². The second-order valence-electron chi connectivity index (χ2n) is 7.45. The second-order valence-corrected chi connectivity index (χ2v) is 7.45. The first-order valence-corrected chi connectivity index (χ1v) is 10.1. The number of carbonyl (C=O) groups excluding carboxylic acids is 2. The largest absolute Gasteiger partial charge is 0.435 e. The smallest absolute Gasteiger partial charge is 0.418 e. The molecule has 178 valence electrons. The molecule has 2 aromatic rings. The number of benzene rings is 2. The van der Waals surface area contributed by atoms with Gasteiger partial charge in [0.1, 0.15) is 5.75 Å². The highest BCUT2D eigenvalue weighted by molar-refractivity contribution is 5.93. The molecule has 2 aromatic carbocycles. The molecule has 0 atom stereocenters. The summed E-state index contributed by atoms with van der Waals surface area (Å²) in [7, 11) is 0. The van der Waals surface area contributed by atoms with Gasteiger partial charge in [0.15, 0.2) is 0 Å². The number of alkyl halides is 5. The summed E-state index contributed by atoms with van der Waals surface area (Å²) in [5, 5.41) is 2.31. The predicted octanol–water partition coefficient (Wildman–Crippen LogP) is 3.63. The molecule has 0 saturated carbocycles. The number of ether oxygens (including phenoxy) is 1. The number of piperazine rings is 1. The Kier molecular flexibility index (Phi) is 7.85. The summed E-state index contributed by atoms with van der Waals surface area (Å²) >= 11 is 0. The van der Waals surface area contributed by atoms with Crippen molar-refractivity contribution < 1.29 is 36.3 Å². The van der Waals surface area contributed by atoms with E-state index in [2.05, 4.69) is 10.1 Å². The molecule has 1 fully saturated rings. The summed E-state index contributed by atoms with van der Waals surface area (Å²) in [6.45, 7) is -1.52. The van der Waals surface area contributed by atoms with Gasteiger partial charge in [-0.1, -0.05) is 24.3 Å². The molecular weight excluding hydrogens is 449 g/mol. The average molecular weight is 471 g/mol. The fraction of sp³-hybridized carbons (Fsp3) is 0.364. The third kappa shape index (κ3) is 7.14. The molecule has 0 aromatic heterocycles. The van der Waals surface area contributed by atoms with Crippen molar-refractivity contribution in [3.63, 3.8) is 0 Å². The van der Waals surface area contributed by atoms with E-state index in [1.807, 2.05) is 0 Å². The van der Waals surface area contributed by atoms with Gasteiger partial charge >= 0.3 is 12.8 Å². The third-order valence-corrected chi connectivity index (χ3v) is 5.10. The Morgan fingerprint density at radius 1 is 0.970 bits per heavy atom. The van der Waals surface area contributed by atoms with Gasteiger partial charge in [0.2, 0.25) is 11.8 Å². The fourth-order valence-electron chi connectivity index (χ4n) is 3.46. The first kappa shape index (κ1) is 24.4. The molecule has 0 bridgehead atoms. The van der Waals surface area contributed by atoms with Gasteiger partial charge < -0.3 is 15.0 Å². The molecule has 6 nitrogen and oxygen atoms in total. The Morgan fingerprint density at radius 2 is 1.61 bits per heavy atom. The molecule has 1 aliphatic heterocycles. The van der Waals surface area contributed by atoms with Crippen molar-refractivity contribution in [3.05, 3.63) is 59.7 Å². The molecule has 3 rings (SSSR count). The molecule has 1 aliphatic rings. The van der Waals surface area contributed by atoms with Gasteiger partial charge in [0.25, 0.3) is 0 Å². The van der Waals surface area contributed by atoms with E-state index < -0.39 is 24.3 Å². The minimum absolute atomic E-state index is 0.00551. The zero-order valence-electron chi connectivity index (χ0n) is 17.4. The fourth-order valence-corrected chi connectivity index (χ4v) is 3.46. The molecule has 1 heterocycles. The predicted molar refractivity (Wildman–Crippen MR) is 110 cm³/mol. The van der Waals surface area contributed by atoms with E-state index in [1.165, 1.54) is 42.5 Å². The van der Waals surface area contributed by atoms with Crippen molar-refractivity contribution in [2.24, 2.45) is 0 Å². The summed E-state index contributed by atoms with van der Waals surface area (Å²) in [4.78, 5) is 28.1. The van der Waals surface area contributed by atoms with E-state index in [9.17, 15) is 31.5 Å². The zero-order valence-corrected chi connectivity index (χ0v) is 17.4. The Morgan fingerprint density at radius 3 is 2.21 bits per heavy atom. The van der Waals surface area contributed by atoms with Gasteiger partial charge in [-0.25, -0.2) is 0 Å². The van der Waals surface area contributed by atoms with Gasteiger partial charge in [-0.3, -0.25) is 14.5 Å². The van der Waals surface area contributed by atoms with E-state index >= 15 is 0 Å². The van der Waals surface area contributed by atoms with Crippen LogP contribution in [0.15, 0.2) is 48.5 Å². The number of hydrogen-bond acceptors (Lipinski definition) is 4. The molecule has 0 unspecified atom stereocenters. The highest BCUT2D eigenvalue weighted by atomic mass is 19.4. The Hall–Kier alpha value is -3.21. The maximum Gasteiger partial charge on any atom is 0.418 e. The number of nitrogens with zero attached hydrogens (tertiary/aromatic N) is 2. The van der Waals surface area contributed by atoms with E-state index in [4.69, 9.17) is 0 Å². The number of para-hydroxylation sites is 1. The van der Waals surface area contributed by atoms with E-state index in [0.29, 0.717) is 31.7 Å². The SMILES string of the molecule is O=C(CN1CCN(C(=O)Cc2ccc(OC(F)F)cc2)CC1)Nc1ccccc1C(F)(F)F. The molecule has 1 N–H and O–H groups in total. The summed E-state index contributed by atoms with van der Waals surface area (Å²) in [6.07, 6.45) is -4.49. The van der Waals surface area contributed by atoms with Gasteiger partial charge in [0.05, 0.1) is 24.2 Å². The van der Waals surface area contributed by atoms with Crippen LogP contribution in [0.1, 0.15) is 11.1 Å². The molecule has 33 heavy (non-hydrogen) atoms. The first-order chi connectivity index (χ1) is 15.6. The van der Waals surface area contributed by atoms with Crippen LogP contribution >= 0.6 is 0 Å². The summed E-state index contributed by atoms with van der Waals surface area (Å²) in [6, 6.07) is 10.6. The Labute approximate surface area is 186 Å². The van der Waals surface area contributed by atoms with Gasteiger partial charge in [-0.2, -0.15) is 22.0 Å². The lowest BCUT2D eigenvalue weighted by molar-refractivity contribution is -0.137. The van der Waals surface area contributed by atoms with Crippen LogP contribution < -0.4 is 10.1 Å². The number of carbonyl (C=O) groups is 2. The van der Waals surface area contributed by atoms with Crippen molar-refractivity contribution in [3.8, 4) is 5.75 Å². The van der Waals surface area contributed by atoms with E-state index in [-0.39, 0.29) is 30.3 Å². The maximum absolute atomic E-state index is 13.1. The van der Waals surface area contributed by atoms with Crippen molar-refractivity contribution in [1.82, 2.24) is 9.80 Å². The first-order valence-electron chi connectivity index (χ1n) is 10.1. The quantitative estimate of drug-likeness (QED) is 0.627. The van der Waals surface area contributed by atoms with Crippen molar-refractivity contribution in [1.29, 1.82) is 0 Å². The van der Waals surface area contributed by atoms with Crippen LogP contribution in [0, 0.1) is 0 Å². The number of hydrogen-bond donors (Lipinski definition) is 1. The Balaban J connectivity index is 1.46. The normalized spacial score (nSPS) is 14.9. The molecule has 1 saturated heterocycles.